The normalized spacial score (nSPS) is 12.2. The van der Waals surface area contributed by atoms with Crippen LogP contribution in [0.5, 0.6) is 0 Å². The number of nitrogens with zero attached hydrogens (tertiary/aromatic N) is 4. The van der Waals surface area contributed by atoms with Gasteiger partial charge in [0.2, 0.25) is 0 Å². The molecule has 0 saturated heterocycles. The van der Waals surface area contributed by atoms with E-state index in [1.54, 1.807) is 0 Å². The summed E-state index contributed by atoms with van der Waals surface area (Å²) in [4.78, 5) is 5.01. The molecule has 458 valence electrons. The standard InChI is InChI=1S/C92H58N4O2/c1-55-51-53-65-63-37-17-21-49-77(63)97-91(65)85(55)93(71-43-19-15-35-61(71)57-27-7-3-8-28-57)73-45-25-47-75-81(73)67-39-23-41-69-83-80(60-33-13-6-14-34-60)90-84(79(59-31-11-5-12-32-59)89(83)95(75)87(67)69)70-42-24-40-68-82-74(46-26-48-76(82)96(90)88(68)70)94(72-44-20-16-36-62(72)58-29-9-4-10-30-58)86-56(2)52-54-66-64-38-18-22-50-78(64)98-92(66)86/h3-54H,1-2H3. The Balaban J connectivity index is 0.913. The largest absolute Gasteiger partial charge is 0.454 e. The fraction of sp³-hybridized carbons (Fsp3) is 0.0217. The third-order valence-electron chi connectivity index (χ3n) is 21.0. The summed E-state index contributed by atoms with van der Waals surface area (Å²) in [5, 5.41) is 13.8. The molecule has 6 nitrogen and oxygen atoms in total. The van der Waals surface area contributed by atoms with Gasteiger partial charge in [-0.2, -0.15) is 0 Å². The molecule has 21 rings (SSSR count). The molecule has 0 aliphatic heterocycles. The zero-order valence-corrected chi connectivity index (χ0v) is 53.6. The van der Waals surface area contributed by atoms with Gasteiger partial charge < -0.3 is 27.4 Å². The van der Waals surface area contributed by atoms with Crippen LogP contribution in [0.4, 0.5) is 34.1 Å². The van der Waals surface area contributed by atoms with Gasteiger partial charge >= 0.3 is 0 Å². The van der Waals surface area contributed by atoms with Gasteiger partial charge in [-0.25, -0.2) is 0 Å². The minimum atomic E-state index is 0.850. The summed E-state index contributed by atoms with van der Waals surface area (Å²) in [6.45, 7) is 4.45. The van der Waals surface area contributed by atoms with Gasteiger partial charge in [0.15, 0.2) is 11.2 Å². The highest BCUT2D eigenvalue weighted by Gasteiger charge is 2.35. The predicted molar refractivity (Wildman–Crippen MR) is 411 cm³/mol. The summed E-state index contributed by atoms with van der Waals surface area (Å²) >= 11 is 0. The maximum Gasteiger partial charge on any atom is 0.159 e. The Hall–Kier alpha value is -12.9. The lowest BCUT2D eigenvalue weighted by atomic mass is 9.89. The first-order valence-corrected chi connectivity index (χ1v) is 33.7. The van der Waals surface area contributed by atoms with E-state index in [4.69, 9.17) is 8.83 Å². The maximum absolute atomic E-state index is 7.10. The number of furan rings is 2. The Morgan fingerprint density at radius 3 is 0.990 bits per heavy atom. The topological polar surface area (TPSA) is 41.6 Å². The maximum atomic E-state index is 7.10. The van der Waals surface area contributed by atoms with E-state index < -0.39 is 0 Å². The van der Waals surface area contributed by atoms with Crippen molar-refractivity contribution < 1.29 is 8.83 Å². The van der Waals surface area contributed by atoms with E-state index >= 15 is 0 Å². The summed E-state index contributed by atoms with van der Waals surface area (Å²) in [5.74, 6) is 0. The van der Waals surface area contributed by atoms with E-state index in [9.17, 15) is 0 Å². The van der Waals surface area contributed by atoms with Crippen LogP contribution in [0, 0.1) is 13.8 Å². The molecule has 0 aliphatic rings. The number of aryl methyl sites for hydroxylation is 2. The van der Waals surface area contributed by atoms with Crippen LogP contribution in [0.2, 0.25) is 0 Å². The van der Waals surface area contributed by atoms with Crippen LogP contribution >= 0.6 is 0 Å². The lowest BCUT2D eigenvalue weighted by Gasteiger charge is -2.30. The fourth-order valence-corrected chi connectivity index (χ4v) is 17.0. The van der Waals surface area contributed by atoms with E-state index in [1.807, 2.05) is 0 Å². The summed E-state index contributed by atoms with van der Waals surface area (Å²) < 4.78 is 19.5. The van der Waals surface area contributed by atoms with Crippen molar-refractivity contribution in [1.82, 2.24) is 8.80 Å². The van der Waals surface area contributed by atoms with E-state index in [0.29, 0.717) is 0 Å². The van der Waals surface area contributed by atoms with Gasteiger partial charge in [0.1, 0.15) is 11.2 Å². The molecular formula is C92H58N4O2. The van der Waals surface area contributed by atoms with E-state index in [0.717, 1.165) is 144 Å². The van der Waals surface area contributed by atoms with E-state index in [-0.39, 0.29) is 0 Å². The van der Waals surface area contributed by atoms with Gasteiger partial charge in [-0.1, -0.05) is 267 Å². The monoisotopic (exact) mass is 1250 g/mol. The molecule has 21 aromatic rings. The molecule has 0 aliphatic carbocycles. The van der Waals surface area contributed by atoms with Crippen molar-refractivity contribution in [2.24, 2.45) is 0 Å². The van der Waals surface area contributed by atoms with Gasteiger partial charge in [0.25, 0.3) is 0 Å². The van der Waals surface area contributed by atoms with E-state index in [2.05, 4.69) is 348 Å². The Morgan fingerprint density at radius 2 is 0.571 bits per heavy atom. The predicted octanol–water partition coefficient (Wildman–Crippen LogP) is 26.0. The Labute approximate surface area is 563 Å². The van der Waals surface area contributed by atoms with Crippen molar-refractivity contribution in [3.63, 3.8) is 0 Å². The summed E-state index contributed by atoms with van der Waals surface area (Å²) in [7, 11) is 0. The number of fused-ring (bicyclic) bond motifs is 18. The van der Waals surface area contributed by atoms with Gasteiger partial charge in [0.05, 0.1) is 67.2 Å². The smallest absolute Gasteiger partial charge is 0.159 e. The zero-order valence-electron chi connectivity index (χ0n) is 53.6. The average molecular weight is 1250 g/mol. The molecule has 0 atom stereocenters. The second-order valence-corrected chi connectivity index (χ2v) is 26.2. The average Bonchev–Trinajstić information content (AvgIpc) is 1.49. The van der Waals surface area contributed by atoms with Crippen molar-refractivity contribution in [3.05, 3.63) is 327 Å². The molecule has 0 spiro atoms. The van der Waals surface area contributed by atoms with Crippen molar-refractivity contribution in [1.29, 1.82) is 0 Å². The number of rotatable bonds is 10. The Morgan fingerprint density at radius 1 is 0.245 bits per heavy atom. The minimum Gasteiger partial charge on any atom is -0.454 e. The molecular weight excluding hydrogens is 1190 g/mol. The number of aromatic nitrogens is 2. The van der Waals surface area contributed by atoms with Gasteiger partial charge in [-0.15, -0.1) is 0 Å². The van der Waals surface area contributed by atoms with Crippen molar-refractivity contribution in [3.8, 4) is 44.5 Å². The summed E-state index contributed by atoms with van der Waals surface area (Å²) in [6, 6.07) is 116. The SMILES string of the molecule is Cc1ccc2c(oc3ccccc32)c1N(c1ccccc1-c1ccccc1)c1cccc2c1c1cccc3c4c(-c5ccccc5)c5c(c(-c6ccccc6)c4n2c13)c1cccc2c3c(N(c4ccccc4-c4ccccc4)c4c(C)ccc6c4oc4ccccc46)cccc3n5c21. The number of hydrogen-bond acceptors (Lipinski definition) is 4. The first-order chi connectivity index (χ1) is 48.6. The lowest BCUT2D eigenvalue weighted by molar-refractivity contribution is 0.668. The van der Waals surface area contributed by atoms with Gasteiger partial charge in [-0.05, 0) is 95.8 Å². The highest BCUT2D eigenvalue weighted by atomic mass is 16.3. The van der Waals surface area contributed by atoms with Crippen LogP contribution < -0.4 is 9.80 Å². The zero-order chi connectivity index (χ0) is 64.4. The second-order valence-electron chi connectivity index (χ2n) is 26.2. The molecule has 0 amide bonds. The van der Waals surface area contributed by atoms with Crippen LogP contribution in [0.3, 0.4) is 0 Å². The van der Waals surface area contributed by atoms with Gasteiger partial charge in [-0.3, -0.25) is 0 Å². The highest BCUT2D eigenvalue weighted by molar-refractivity contribution is 6.39. The Kier molecular flexibility index (Phi) is 11.6. The summed E-state index contributed by atoms with van der Waals surface area (Å²) in [5.41, 5.74) is 28.0. The molecule has 0 fully saturated rings. The van der Waals surface area contributed by atoms with Gasteiger partial charge in [0, 0.05) is 86.9 Å². The number of hydrogen-bond donors (Lipinski definition) is 0. The molecule has 0 bridgehead atoms. The van der Waals surface area contributed by atoms with Crippen molar-refractivity contribution in [2.45, 2.75) is 13.8 Å². The van der Waals surface area contributed by atoms with Crippen molar-refractivity contribution >= 4 is 154 Å². The number of anilines is 6. The molecule has 98 heavy (non-hydrogen) atoms. The van der Waals surface area contributed by atoms with Crippen LogP contribution in [0.1, 0.15) is 11.1 Å². The molecule has 0 N–H and O–H groups in total. The quantitative estimate of drug-likeness (QED) is 0.137. The molecule has 6 heterocycles. The van der Waals surface area contributed by atoms with Crippen molar-refractivity contribution in [2.75, 3.05) is 9.80 Å². The first-order valence-electron chi connectivity index (χ1n) is 33.7. The van der Waals surface area contributed by atoms with Crippen LogP contribution in [-0.4, -0.2) is 8.80 Å². The number of benzene rings is 15. The fourth-order valence-electron chi connectivity index (χ4n) is 17.0. The van der Waals surface area contributed by atoms with E-state index in [1.165, 1.54) is 65.5 Å². The summed E-state index contributed by atoms with van der Waals surface area (Å²) in [6.07, 6.45) is 0. The van der Waals surface area contributed by atoms with Crippen LogP contribution in [0.15, 0.2) is 324 Å². The minimum absolute atomic E-state index is 0.850. The lowest BCUT2D eigenvalue weighted by Crippen LogP contribution is -2.13. The van der Waals surface area contributed by atoms with Crippen LogP contribution in [0.25, 0.3) is 165 Å². The molecule has 0 saturated carbocycles. The molecule has 0 radical (unpaired) electrons. The molecule has 6 heteroatoms. The molecule has 0 unspecified atom stereocenters. The Bertz CT molecular complexity index is 6410. The number of para-hydroxylation sites is 6. The third-order valence-corrected chi connectivity index (χ3v) is 21.0. The highest BCUT2D eigenvalue weighted by Crippen LogP contribution is 2.58. The van der Waals surface area contributed by atoms with Crippen LogP contribution in [-0.2, 0) is 0 Å². The third kappa shape index (κ3) is 7.51. The second kappa shape index (κ2) is 20.8. The first kappa shape index (κ1) is 54.5. The molecule has 6 aromatic heterocycles. The molecule has 15 aromatic carbocycles.